The van der Waals surface area contributed by atoms with Crippen LogP contribution in [0.4, 0.5) is 0 Å². The van der Waals surface area contributed by atoms with Gasteiger partial charge in [0.25, 0.3) is 0 Å². The highest BCUT2D eigenvalue weighted by atomic mass is 32.1. The maximum absolute atomic E-state index is 13.3. The van der Waals surface area contributed by atoms with Gasteiger partial charge in [0.15, 0.2) is 0 Å². The maximum atomic E-state index is 13.3. The highest BCUT2D eigenvalue weighted by Gasteiger charge is 2.36. The minimum atomic E-state index is -1.57. The standard InChI is InChI=1S/C30H41N9O8S/c1-17(41)39-9-5-8-24(39)30(47)35-21(10-19-13-32-16-34-19)27(44)36-22(14-40)28(45)37-23(15-48)29(46)38-25(42)11-20(26(31)43)33-12-18-6-3-2-4-7-18/h2-4,6-7,13,16,20-24,33,40,48H,5,8-12,14-15H2,1H3,(H2,31,43)(H,32,34)(H,35,47)(H,36,44)(H,37,45)(H,38,42,46)/t20-,21-,22-,23-,24-/m0/s1. The fraction of sp³-hybridized carbons (Fsp3) is 0.467. The van der Waals surface area contributed by atoms with E-state index < -0.39 is 78.7 Å². The number of carbonyl (C=O) groups is 7. The van der Waals surface area contributed by atoms with Crippen LogP contribution in [0.3, 0.4) is 0 Å². The molecular formula is C30H41N9O8S. The highest BCUT2D eigenvalue weighted by Crippen LogP contribution is 2.18. The predicted molar refractivity (Wildman–Crippen MR) is 173 cm³/mol. The van der Waals surface area contributed by atoms with E-state index in [-0.39, 0.29) is 24.6 Å². The van der Waals surface area contributed by atoms with Gasteiger partial charge in [0.05, 0.1) is 31.1 Å². The van der Waals surface area contributed by atoms with Gasteiger partial charge in [-0.15, -0.1) is 0 Å². The van der Waals surface area contributed by atoms with Crippen molar-refractivity contribution in [2.75, 3.05) is 18.9 Å². The number of nitrogens with one attached hydrogen (secondary N) is 6. The number of aliphatic hydroxyl groups is 1. The third-order valence-electron chi connectivity index (χ3n) is 7.58. The van der Waals surface area contributed by atoms with Crippen LogP contribution in [0.25, 0.3) is 0 Å². The van der Waals surface area contributed by atoms with Gasteiger partial charge in [-0.2, -0.15) is 12.6 Å². The molecule has 0 saturated carbocycles. The van der Waals surface area contributed by atoms with Crippen LogP contribution in [0.15, 0.2) is 42.9 Å². The van der Waals surface area contributed by atoms with Gasteiger partial charge < -0.3 is 42.0 Å². The molecule has 48 heavy (non-hydrogen) atoms. The van der Waals surface area contributed by atoms with Gasteiger partial charge in [-0.05, 0) is 18.4 Å². The fourth-order valence-corrected chi connectivity index (χ4v) is 5.27. The lowest BCUT2D eigenvalue weighted by Crippen LogP contribution is -2.60. The molecule has 5 atom stereocenters. The molecule has 1 fully saturated rings. The van der Waals surface area contributed by atoms with E-state index in [0.717, 1.165) is 5.56 Å². The first-order valence-corrected chi connectivity index (χ1v) is 15.8. The molecule has 7 amide bonds. The first-order valence-electron chi connectivity index (χ1n) is 15.2. The number of rotatable bonds is 17. The molecule has 18 heteroatoms. The molecule has 0 radical (unpaired) electrons. The summed E-state index contributed by atoms with van der Waals surface area (Å²) in [5.74, 6) is -5.54. The molecular weight excluding hydrogens is 646 g/mol. The van der Waals surface area contributed by atoms with E-state index in [1.807, 2.05) is 18.2 Å². The predicted octanol–water partition coefficient (Wildman–Crippen LogP) is -2.98. The number of likely N-dealkylation sites (tertiary alicyclic amines) is 1. The average Bonchev–Trinajstić information content (AvgIpc) is 3.77. The second-order valence-corrected chi connectivity index (χ2v) is 11.5. The zero-order valence-corrected chi connectivity index (χ0v) is 27.2. The van der Waals surface area contributed by atoms with E-state index in [1.165, 1.54) is 24.3 Å². The molecule has 260 valence electrons. The number of thiol groups is 1. The zero-order chi connectivity index (χ0) is 35.2. The number of hydrogen-bond acceptors (Lipinski definition) is 11. The number of nitrogens with zero attached hydrogens (tertiary/aromatic N) is 2. The Labute approximate surface area is 282 Å². The van der Waals surface area contributed by atoms with Crippen LogP contribution in [0.2, 0.25) is 0 Å². The lowest BCUT2D eigenvalue weighted by Gasteiger charge is -2.26. The molecule has 0 unspecified atom stereocenters. The molecule has 0 bridgehead atoms. The Morgan fingerprint density at radius 1 is 1.00 bits per heavy atom. The van der Waals surface area contributed by atoms with Crippen molar-refractivity contribution in [1.29, 1.82) is 0 Å². The summed E-state index contributed by atoms with van der Waals surface area (Å²) in [6, 6.07) is 3.00. The van der Waals surface area contributed by atoms with Crippen LogP contribution in [0, 0.1) is 0 Å². The summed E-state index contributed by atoms with van der Waals surface area (Å²) in [6.45, 7) is 1.11. The number of aromatic nitrogens is 2. The monoisotopic (exact) mass is 687 g/mol. The van der Waals surface area contributed by atoms with Crippen molar-refractivity contribution >= 4 is 54.0 Å². The van der Waals surface area contributed by atoms with Gasteiger partial charge in [0.2, 0.25) is 41.4 Å². The van der Waals surface area contributed by atoms with Crippen LogP contribution in [-0.2, 0) is 46.5 Å². The molecule has 1 aliphatic heterocycles. The number of imide groups is 1. The van der Waals surface area contributed by atoms with Crippen LogP contribution >= 0.6 is 12.6 Å². The number of primary amides is 1. The molecule has 1 saturated heterocycles. The molecule has 17 nitrogen and oxygen atoms in total. The number of carbonyl (C=O) groups excluding carboxylic acids is 7. The van der Waals surface area contributed by atoms with Crippen molar-refractivity contribution < 1.29 is 38.7 Å². The first kappa shape index (κ1) is 37.6. The molecule has 2 heterocycles. The summed E-state index contributed by atoms with van der Waals surface area (Å²) in [5.41, 5.74) is 6.67. The van der Waals surface area contributed by atoms with E-state index in [4.69, 9.17) is 5.73 Å². The molecule has 1 aliphatic rings. The lowest BCUT2D eigenvalue weighted by molar-refractivity contribution is -0.138. The van der Waals surface area contributed by atoms with E-state index in [0.29, 0.717) is 25.1 Å². The highest BCUT2D eigenvalue weighted by molar-refractivity contribution is 7.80. The Hall–Kier alpha value is -4.81. The van der Waals surface area contributed by atoms with Crippen molar-refractivity contribution in [3.05, 3.63) is 54.1 Å². The smallest absolute Gasteiger partial charge is 0.249 e. The molecule has 1 aromatic carbocycles. The van der Waals surface area contributed by atoms with Crippen LogP contribution in [0.5, 0.6) is 0 Å². The van der Waals surface area contributed by atoms with Gasteiger partial charge in [0.1, 0.15) is 24.2 Å². The van der Waals surface area contributed by atoms with E-state index in [2.05, 4.69) is 49.2 Å². The SMILES string of the molecule is CC(=O)N1CCC[C@H]1C(=O)N[C@@H](Cc1c[nH]cn1)C(=O)N[C@@H](CO)C(=O)N[C@@H](CS)C(=O)NC(=O)C[C@H](NCc1ccccc1)C(N)=O. The number of benzene rings is 1. The molecule has 3 rings (SSSR count). The van der Waals surface area contributed by atoms with E-state index in [9.17, 15) is 38.7 Å². The third kappa shape index (κ3) is 11.2. The Morgan fingerprint density at radius 3 is 2.29 bits per heavy atom. The minimum absolute atomic E-state index is 0.0794. The van der Waals surface area contributed by atoms with E-state index in [1.54, 1.807) is 12.1 Å². The van der Waals surface area contributed by atoms with Crippen LogP contribution in [0.1, 0.15) is 37.4 Å². The number of imidazole rings is 1. The second kappa shape index (κ2) is 18.5. The third-order valence-corrected chi connectivity index (χ3v) is 7.95. The Kier molecular flexibility index (Phi) is 14.5. The van der Waals surface area contributed by atoms with Gasteiger partial charge in [0, 0.05) is 38.4 Å². The van der Waals surface area contributed by atoms with Gasteiger partial charge >= 0.3 is 0 Å². The summed E-state index contributed by atoms with van der Waals surface area (Å²) in [6.07, 6.45) is 3.37. The Balaban J connectivity index is 1.59. The zero-order valence-electron chi connectivity index (χ0n) is 26.3. The normalized spacial score (nSPS) is 16.6. The van der Waals surface area contributed by atoms with Crippen molar-refractivity contribution in [1.82, 2.24) is 41.5 Å². The maximum Gasteiger partial charge on any atom is 0.249 e. The topological polar surface area (TPSA) is 258 Å². The average molecular weight is 688 g/mol. The van der Waals surface area contributed by atoms with Crippen LogP contribution < -0.4 is 32.3 Å². The van der Waals surface area contributed by atoms with Crippen molar-refractivity contribution in [3.63, 3.8) is 0 Å². The van der Waals surface area contributed by atoms with Gasteiger partial charge in [-0.1, -0.05) is 30.3 Å². The molecule has 9 N–H and O–H groups in total. The summed E-state index contributed by atoms with van der Waals surface area (Å²) < 4.78 is 0. The summed E-state index contributed by atoms with van der Waals surface area (Å²) >= 11 is 4.07. The van der Waals surface area contributed by atoms with Crippen molar-refractivity contribution in [2.45, 2.75) is 69.4 Å². The number of aromatic amines is 1. The summed E-state index contributed by atoms with van der Waals surface area (Å²) in [5, 5.41) is 22.2. The Bertz CT molecular complexity index is 1440. The largest absolute Gasteiger partial charge is 0.394 e. The second-order valence-electron chi connectivity index (χ2n) is 11.1. The summed E-state index contributed by atoms with van der Waals surface area (Å²) in [7, 11) is 0. The van der Waals surface area contributed by atoms with Crippen LogP contribution in [-0.4, -0.2) is 110 Å². The molecule has 0 aliphatic carbocycles. The van der Waals surface area contributed by atoms with Crippen molar-refractivity contribution in [3.8, 4) is 0 Å². The first-order chi connectivity index (χ1) is 22.9. The number of hydrogen-bond donors (Lipinski definition) is 9. The number of H-pyrrole nitrogens is 1. The van der Waals surface area contributed by atoms with Gasteiger partial charge in [-0.25, -0.2) is 4.98 Å². The molecule has 2 aromatic rings. The number of nitrogens with two attached hydrogens (primary N) is 1. The number of amides is 7. The lowest BCUT2D eigenvalue weighted by atomic mass is 10.1. The summed E-state index contributed by atoms with van der Waals surface area (Å²) in [4.78, 5) is 97.0. The molecule has 1 aromatic heterocycles. The fourth-order valence-electron chi connectivity index (χ4n) is 5.01. The Morgan fingerprint density at radius 2 is 1.69 bits per heavy atom. The van der Waals surface area contributed by atoms with Gasteiger partial charge in [-0.3, -0.25) is 38.9 Å². The number of aliphatic hydroxyl groups excluding tert-OH is 1. The minimum Gasteiger partial charge on any atom is -0.394 e. The molecule has 0 spiro atoms. The quantitative estimate of drug-likeness (QED) is 0.0763. The van der Waals surface area contributed by atoms with Crippen molar-refractivity contribution in [2.24, 2.45) is 5.73 Å². The van der Waals surface area contributed by atoms with E-state index >= 15 is 0 Å².